The maximum atomic E-state index is 12.2. The fraction of sp³-hybridized carbons (Fsp3) is 0.920. The average Bonchev–Trinajstić information content (AvgIpc) is 2.72. The third kappa shape index (κ3) is 25.2. The molecular weight excluding hydrogens is 392 g/mol. The van der Waals surface area contributed by atoms with Crippen molar-refractivity contribution in [3.05, 3.63) is 0 Å². The summed E-state index contributed by atoms with van der Waals surface area (Å²) >= 11 is 0. The molecule has 0 aromatic heterocycles. The first-order valence-corrected chi connectivity index (χ1v) is 12.8. The van der Waals surface area contributed by atoms with Gasteiger partial charge in [0.2, 0.25) is 0 Å². The van der Waals surface area contributed by atoms with Gasteiger partial charge in [0.15, 0.2) is 0 Å². The van der Waals surface area contributed by atoms with Crippen LogP contribution in [0.5, 0.6) is 0 Å². The van der Waals surface area contributed by atoms with Crippen LogP contribution in [-0.4, -0.2) is 48.6 Å². The molecule has 6 nitrogen and oxygen atoms in total. The van der Waals surface area contributed by atoms with Crippen LogP contribution in [0.4, 0.5) is 0 Å². The minimum absolute atomic E-state index is 0.128. The summed E-state index contributed by atoms with van der Waals surface area (Å²) in [6.07, 6.45) is 14.4. The summed E-state index contributed by atoms with van der Waals surface area (Å²) in [5, 5.41) is 18.9. The Morgan fingerprint density at radius 3 is 1.81 bits per heavy atom. The van der Waals surface area contributed by atoms with Gasteiger partial charge in [0.05, 0.1) is 31.8 Å². The lowest BCUT2D eigenvalue weighted by Crippen LogP contribution is -3.12. The number of hydrogen-bond acceptors (Lipinski definition) is 5. The molecule has 0 aliphatic heterocycles. The molecular formula is C25H52N2O4. The van der Waals surface area contributed by atoms with E-state index in [1.54, 1.807) is 4.90 Å². The van der Waals surface area contributed by atoms with Gasteiger partial charge in [-0.25, -0.2) is 0 Å². The zero-order chi connectivity index (χ0) is 23.9. The maximum Gasteiger partial charge on any atom is 0.149 e. The number of Topliss-reactive ketones (excluding diaryl/α,β-unsaturated/α-hetero) is 1. The molecule has 2 unspecified atom stereocenters. The normalized spacial score (nSPS) is 12.9. The van der Waals surface area contributed by atoms with Gasteiger partial charge in [-0.15, -0.1) is 0 Å². The van der Waals surface area contributed by atoms with Crippen molar-refractivity contribution >= 4 is 11.8 Å². The van der Waals surface area contributed by atoms with Crippen molar-refractivity contribution in [1.82, 2.24) is 0 Å². The summed E-state index contributed by atoms with van der Waals surface area (Å²) in [6.45, 7) is 11.3. The Balaban J connectivity index is 0. The van der Waals surface area contributed by atoms with Gasteiger partial charge in [-0.05, 0) is 45.4 Å². The average molecular weight is 445 g/mol. The number of aliphatic hydroxyl groups is 1. The van der Waals surface area contributed by atoms with Crippen molar-refractivity contribution in [2.24, 2.45) is 5.73 Å². The molecule has 31 heavy (non-hydrogen) atoms. The number of carbonyl (C=O) groups is 2. The smallest absolute Gasteiger partial charge is 0.149 e. The van der Waals surface area contributed by atoms with Crippen LogP contribution in [0.2, 0.25) is 0 Å². The van der Waals surface area contributed by atoms with Crippen LogP contribution in [0.3, 0.4) is 0 Å². The van der Waals surface area contributed by atoms with Crippen LogP contribution < -0.4 is 15.7 Å². The van der Waals surface area contributed by atoms with E-state index in [4.69, 9.17) is 15.6 Å². The third-order valence-electron chi connectivity index (χ3n) is 5.59. The van der Waals surface area contributed by atoms with E-state index in [1.165, 1.54) is 64.5 Å². The SMILES string of the molecule is CC(=O)[O-].CCCCCCCC(O)CCC(=O)C(N)CCC[NH+](CCCC)CCCC. The van der Waals surface area contributed by atoms with Crippen molar-refractivity contribution < 1.29 is 24.7 Å². The number of carbonyl (C=O) groups excluding carboxylic acids is 2. The highest BCUT2D eigenvalue weighted by Crippen LogP contribution is 2.11. The third-order valence-corrected chi connectivity index (χ3v) is 5.59. The summed E-state index contributed by atoms with van der Waals surface area (Å²) in [7, 11) is 0. The fourth-order valence-electron chi connectivity index (χ4n) is 3.58. The Hall–Kier alpha value is -0.980. The Bertz CT molecular complexity index is 406. The van der Waals surface area contributed by atoms with Gasteiger partial charge in [0.1, 0.15) is 5.78 Å². The van der Waals surface area contributed by atoms with E-state index in [1.807, 2.05) is 0 Å². The number of nitrogens with two attached hydrogens (primary N) is 1. The molecule has 186 valence electrons. The molecule has 0 aromatic rings. The number of rotatable bonds is 20. The van der Waals surface area contributed by atoms with E-state index >= 15 is 0 Å². The molecule has 0 amide bonds. The largest absolute Gasteiger partial charge is 0.550 e. The molecule has 0 spiro atoms. The van der Waals surface area contributed by atoms with Gasteiger partial charge in [-0.1, -0.05) is 65.7 Å². The number of carboxylic acid groups (broad SMARTS) is 1. The summed E-state index contributed by atoms with van der Waals surface area (Å²) < 4.78 is 0. The molecule has 0 saturated carbocycles. The number of hydrogen-bond donors (Lipinski definition) is 3. The Labute approximate surface area is 192 Å². The predicted molar refractivity (Wildman–Crippen MR) is 127 cm³/mol. The number of aliphatic carboxylic acids is 1. The van der Waals surface area contributed by atoms with Crippen LogP contribution in [-0.2, 0) is 9.59 Å². The zero-order valence-electron chi connectivity index (χ0n) is 20.9. The second-order valence-corrected chi connectivity index (χ2v) is 8.81. The molecule has 0 bridgehead atoms. The quantitative estimate of drug-likeness (QED) is 0.250. The van der Waals surface area contributed by atoms with E-state index in [-0.39, 0.29) is 17.9 Å². The van der Waals surface area contributed by atoms with Crippen molar-refractivity contribution in [2.45, 2.75) is 130 Å². The minimum atomic E-state index is -1.08. The molecule has 0 saturated heterocycles. The van der Waals surface area contributed by atoms with E-state index in [9.17, 15) is 9.90 Å². The van der Waals surface area contributed by atoms with Gasteiger partial charge in [0, 0.05) is 12.4 Å². The highest BCUT2D eigenvalue weighted by atomic mass is 16.4. The molecule has 0 rings (SSSR count). The monoisotopic (exact) mass is 444 g/mol. The molecule has 6 heteroatoms. The minimum Gasteiger partial charge on any atom is -0.550 e. The van der Waals surface area contributed by atoms with Gasteiger partial charge < -0.3 is 25.6 Å². The predicted octanol–water partition coefficient (Wildman–Crippen LogP) is 2.41. The van der Waals surface area contributed by atoms with Crippen molar-refractivity contribution in [1.29, 1.82) is 0 Å². The summed E-state index contributed by atoms with van der Waals surface area (Å²) in [5.74, 6) is -0.955. The van der Waals surface area contributed by atoms with Gasteiger partial charge >= 0.3 is 0 Å². The molecule has 0 fully saturated rings. The van der Waals surface area contributed by atoms with Gasteiger partial charge in [0.25, 0.3) is 0 Å². The second-order valence-electron chi connectivity index (χ2n) is 8.81. The number of ketones is 1. The van der Waals surface area contributed by atoms with E-state index in [0.29, 0.717) is 12.8 Å². The Morgan fingerprint density at radius 1 is 0.806 bits per heavy atom. The molecule has 4 N–H and O–H groups in total. The van der Waals surface area contributed by atoms with Crippen LogP contribution in [0.1, 0.15) is 118 Å². The summed E-state index contributed by atoms with van der Waals surface area (Å²) in [4.78, 5) is 22.8. The maximum absolute atomic E-state index is 12.2. The Morgan fingerprint density at radius 2 is 1.29 bits per heavy atom. The molecule has 0 aliphatic carbocycles. The summed E-state index contributed by atoms with van der Waals surface area (Å²) in [5.41, 5.74) is 6.10. The number of nitrogens with one attached hydrogen (secondary N) is 1. The highest BCUT2D eigenvalue weighted by molar-refractivity contribution is 5.83. The van der Waals surface area contributed by atoms with Gasteiger partial charge in [-0.2, -0.15) is 0 Å². The van der Waals surface area contributed by atoms with Crippen LogP contribution in [0.15, 0.2) is 0 Å². The van der Waals surface area contributed by atoms with E-state index in [0.717, 1.165) is 39.2 Å². The van der Waals surface area contributed by atoms with Crippen molar-refractivity contribution in [3.63, 3.8) is 0 Å². The van der Waals surface area contributed by atoms with Crippen LogP contribution in [0.25, 0.3) is 0 Å². The lowest BCUT2D eigenvalue weighted by atomic mass is 9.99. The molecule has 0 aromatic carbocycles. The van der Waals surface area contributed by atoms with Crippen LogP contribution in [0, 0.1) is 0 Å². The van der Waals surface area contributed by atoms with E-state index in [2.05, 4.69) is 20.8 Å². The topological polar surface area (TPSA) is 108 Å². The first-order valence-electron chi connectivity index (χ1n) is 12.8. The van der Waals surface area contributed by atoms with E-state index < -0.39 is 5.97 Å². The first-order chi connectivity index (χ1) is 14.8. The number of carboxylic acids is 1. The standard InChI is InChI=1S/C23H48N2O2.C2H4O2/c1-4-7-10-11-12-14-21(26)16-17-23(27)22(24)15-13-20-25(18-8-5-2)19-9-6-3;1-2(3)4/h21-22,26H,4-20,24H2,1-3H3;1H3,(H,3,4). The molecule has 0 radical (unpaired) electrons. The first kappa shape index (κ1) is 32.2. The number of aliphatic hydroxyl groups excluding tert-OH is 1. The molecule has 0 aliphatic rings. The Kier molecular flexibility index (Phi) is 24.6. The number of quaternary nitrogens is 1. The van der Waals surface area contributed by atoms with Gasteiger partial charge in [-0.3, -0.25) is 4.79 Å². The lowest BCUT2D eigenvalue weighted by molar-refractivity contribution is -0.900. The fourth-order valence-corrected chi connectivity index (χ4v) is 3.58. The lowest BCUT2D eigenvalue weighted by Gasteiger charge is -2.20. The zero-order valence-corrected chi connectivity index (χ0v) is 20.9. The van der Waals surface area contributed by atoms with Crippen molar-refractivity contribution in [3.8, 4) is 0 Å². The second kappa shape index (κ2) is 23.7. The van der Waals surface area contributed by atoms with Crippen molar-refractivity contribution in [2.75, 3.05) is 19.6 Å². The molecule has 0 heterocycles. The number of unbranched alkanes of at least 4 members (excludes halogenated alkanes) is 6. The molecule has 2 atom stereocenters. The summed E-state index contributed by atoms with van der Waals surface area (Å²) in [6, 6.07) is -0.347. The highest BCUT2D eigenvalue weighted by Gasteiger charge is 2.16. The van der Waals surface area contributed by atoms with Crippen LogP contribution >= 0.6 is 0 Å².